The minimum Gasteiger partial charge on any atom is -0.309 e. The molecule has 0 radical (unpaired) electrons. The van der Waals surface area contributed by atoms with Crippen LogP contribution in [0.5, 0.6) is 0 Å². The highest BCUT2D eigenvalue weighted by molar-refractivity contribution is 6.30. The molecule has 0 unspecified atom stereocenters. The molecule has 0 fully saturated rings. The Hall–Kier alpha value is -1.81. The number of aryl methyl sites for hydroxylation is 1. The largest absolute Gasteiger partial charge is 0.320 e. The lowest BCUT2D eigenvalue weighted by atomic mass is 10.3. The molecule has 0 aliphatic carbocycles. The molecule has 0 bridgehead atoms. The monoisotopic (exact) mass is 264 g/mol. The summed E-state index contributed by atoms with van der Waals surface area (Å²) >= 11 is 5.87. The first kappa shape index (κ1) is 12.6. The number of halogens is 1. The van der Waals surface area contributed by atoms with E-state index in [0.717, 1.165) is 6.42 Å². The molecule has 2 aromatic rings. The predicted octanol–water partition coefficient (Wildman–Crippen LogP) is 2.06. The molecule has 1 heterocycles. The molecule has 0 saturated heterocycles. The average molecular weight is 265 g/mol. The van der Waals surface area contributed by atoms with Crippen LogP contribution in [0.1, 0.15) is 13.3 Å². The Morgan fingerprint density at radius 2 is 1.94 bits per heavy atom. The maximum Gasteiger partial charge on any atom is 0.320 e. The van der Waals surface area contributed by atoms with Crippen LogP contribution in [-0.2, 0) is 6.54 Å². The molecule has 5 heteroatoms. The van der Waals surface area contributed by atoms with E-state index in [-0.39, 0.29) is 0 Å². The van der Waals surface area contributed by atoms with Gasteiger partial charge in [0.15, 0.2) is 0 Å². The summed E-state index contributed by atoms with van der Waals surface area (Å²) < 4.78 is 2.73. The van der Waals surface area contributed by atoms with Crippen LogP contribution in [-0.4, -0.2) is 9.13 Å². The van der Waals surface area contributed by atoms with E-state index in [4.69, 9.17) is 11.6 Å². The van der Waals surface area contributed by atoms with Gasteiger partial charge in [-0.3, -0.25) is 14.2 Å². The van der Waals surface area contributed by atoms with Gasteiger partial charge in [0.05, 0.1) is 5.69 Å². The van der Waals surface area contributed by atoms with Crippen molar-refractivity contribution in [1.29, 1.82) is 0 Å². The quantitative estimate of drug-likeness (QED) is 0.797. The van der Waals surface area contributed by atoms with E-state index in [9.17, 15) is 9.59 Å². The highest BCUT2D eigenvalue weighted by Gasteiger charge is 2.06. The van der Waals surface area contributed by atoms with Crippen molar-refractivity contribution in [3.8, 4) is 5.69 Å². The number of nitrogens with zero attached hydrogens (tertiary/aromatic N) is 2. The normalized spacial score (nSPS) is 10.6. The van der Waals surface area contributed by atoms with Crippen molar-refractivity contribution in [3.05, 3.63) is 62.4 Å². The van der Waals surface area contributed by atoms with Gasteiger partial charge in [-0.05, 0) is 24.6 Å². The Labute approximate surface area is 109 Å². The van der Waals surface area contributed by atoms with Crippen molar-refractivity contribution < 1.29 is 0 Å². The molecular weight excluding hydrogens is 252 g/mol. The van der Waals surface area contributed by atoms with Crippen LogP contribution in [0.2, 0.25) is 5.02 Å². The van der Waals surface area contributed by atoms with E-state index in [1.165, 1.54) is 9.13 Å². The first-order chi connectivity index (χ1) is 8.63. The highest BCUT2D eigenvalue weighted by atomic mass is 35.5. The lowest BCUT2D eigenvalue weighted by Gasteiger charge is -2.08. The van der Waals surface area contributed by atoms with Crippen molar-refractivity contribution >= 4 is 11.6 Å². The smallest absolute Gasteiger partial charge is 0.309 e. The number of hydrogen-bond acceptors (Lipinski definition) is 2. The number of rotatable bonds is 3. The number of hydrogen-bond donors (Lipinski definition) is 0. The topological polar surface area (TPSA) is 44.0 Å². The SMILES string of the molecule is CCCn1ccn(-c2cccc(Cl)c2)c(=O)c1=O. The molecule has 18 heavy (non-hydrogen) atoms. The van der Waals surface area contributed by atoms with Crippen molar-refractivity contribution in [2.45, 2.75) is 19.9 Å². The van der Waals surface area contributed by atoms with Gasteiger partial charge in [-0.15, -0.1) is 0 Å². The van der Waals surface area contributed by atoms with E-state index >= 15 is 0 Å². The zero-order chi connectivity index (χ0) is 13.1. The Morgan fingerprint density at radius 1 is 1.17 bits per heavy atom. The molecule has 0 aliphatic rings. The minimum absolute atomic E-state index is 0.515. The van der Waals surface area contributed by atoms with Gasteiger partial charge in [-0.2, -0.15) is 0 Å². The summed E-state index contributed by atoms with van der Waals surface area (Å²) in [6, 6.07) is 6.83. The standard InChI is InChI=1S/C13H13ClN2O2/c1-2-6-15-7-8-16(13(18)12(15)17)11-5-3-4-10(14)9-11/h3-5,7-9H,2,6H2,1H3. The molecule has 0 saturated carbocycles. The van der Waals surface area contributed by atoms with Crippen LogP contribution < -0.4 is 11.1 Å². The Kier molecular flexibility index (Phi) is 3.67. The van der Waals surface area contributed by atoms with E-state index in [2.05, 4.69) is 0 Å². The summed E-state index contributed by atoms with van der Waals surface area (Å²) in [5.74, 6) is 0. The van der Waals surface area contributed by atoms with Crippen molar-refractivity contribution in [2.24, 2.45) is 0 Å². The van der Waals surface area contributed by atoms with E-state index < -0.39 is 11.1 Å². The van der Waals surface area contributed by atoms with Crippen LogP contribution in [0.25, 0.3) is 5.69 Å². The van der Waals surface area contributed by atoms with Gasteiger partial charge in [0.25, 0.3) is 0 Å². The summed E-state index contributed by atoms with van der Waals surface area (Å²) in [6.45, 7) is 2.50. The Balaban J connectivity index is 2.58. The molecule has 1 aromatic carbocycles. The molecule has 94 valence electrons. The van der Waals surface area contributed by atoms with Gasteiger partial charge < -0.3 is 4.57 Å². The van der Waals surface area contributed by atoms with E-state index in [1.54, 1.807) is 36.7 Å². The molecule has 1 aromatic heterocycles. The fourth-order valence-corrected chi connectivity index (χ4v) is 1.94. The van der Waals surface area contributed by atoms with E-state index in [0.29, 0.717) is 17.3 Å². The third kappa shape index (κ3) is 2.38. The zero-order valence-corrected chi connectivity index (χ0v) is 10.7. The summed E-state index contributed by atoms with van der Waals surface area (Å²) in [5.41, 5.74) is -0.485. The fourth-order valence-electron chi connectivity index (χ4n) is 1.75. The van der Waals surface area contributed by atoms with E-state index in [1.807, 2.05) is 6.92 Å². The molecule has 0 N–H and O–H groups in total. The molecule has 0 amide bonds. The lowest BCUT2D eigenvalue weighted by molar-refractivity contribution is 0.633. The average Bonchev–Trinajstić information content (AvgIpc) is 2.35. The molecule has 2 rings (SSSR count). The number of benzene rings is 1. The van der Waals surface area contributed by atoms with Gasteiger partial charge in [-0.25, -0.2) is 0 Å². The van der Waals surface area contributed by atoms with Crippen molar-refractivity contribution in [3.63, 3.8) is 0 Å². The van der Waals surface area contributed by atoms with Crippen LogP contribution in [0.3, 0.4) is 0 Å². The van der Waals surface area contributed by atoms with Gasteiger partial charge >= 0.3 is 11.1 Å². The third-order valence-corrected chi connectivity index (χ3v) is 2.84. The van der Waals surface area contributed by atoms with Gasteiger partial charge in [-0.1, -0.05) is 24.6 Å². The second-order valence-corrected chi connectivity index (χ2v) is 4.39. The molecule has 0 aliphatic heterocycles. The minimum atomic E-state index is -0.562. The first-order valence-corrected chi connectivity index (χ1v) is 6.09. The Bertz CT molecular complexity index is 673. The molecular formula is C13H13ClN2O2. The van der Waals surface area contributed by atoms with Gasteiger partial charge in [0.1, 0.15) is 0 Å². The fraction of sp³-hybridized carbons (Fsp3) is 0.231. The van der Waals surface area contributed by atoms with Gasteiger partial charge in [0.2, 0.25) is 0 Å². The first-order valence-electron chi connectivity index (χ1n) is 5.71. The van der Waals surface area contributed by atoms with Crippen LogP contribution >= 0.6 is 11.6 Å². The predicted molar refractivity (Wildman–Crippen MR) is 71.6 cm³/mol. The second kappa shape index (κ2) is 5.23. The van der Waals surface area contributed by atoms with Gasteiger partial charge in [0, 0.05) is 24.0 Å². The van der Waals surface area contributed by atoms with Crippen molar-refractivity contribution in [2.75, 3.05) is 0 Å². The number of aromatic nitrogens is 2. The summed E-state index contributed by atoms with van der Waals surface area (Å²) in [6.07, 6.45) is 4.01. The van der Waals surface area contributed by atoms with Crippen LogP contribution in [0.15, 0.2) is 46.2 Å². The zero-order valence-electron chi connectivity index (χ0n) is 9.97. The second-order valence-electron chi connectivity index (χ2n) is 3.95. The van der Waals surface area contributed by atoms with Crippen LogP contribution in [0, 0.1) is 0 Å². The summed E-state index contributed by atoms with van der Waals surface area (Å²) in [5, 5.41) is 0.525. The lowest BCUT2D eigenvalue weighted by Crippen LogP contribution is -2.39. The summed E-state index contributed by atoms with van der Waals surface area (Å²) in [7, 11) is 0. The summed E-state index contributed by atoms with van der Waals surface area (Å²) in [4.78, 5) is 23.8. The van der Waals surface area contributed by atoms with Crippen LogP contribution in [0.4, 0.5) is 0 Å². The molecule has 4 nitrogen and oxygen atoms in total. The van der Waals surface area contributed by atoms with Crippen molar-refractivity contribution in [1.82, 2.24) is 9.13 Å². The Morgan fingerprint density at radius 3 is 2.61 bits per heavy atom. The molecule has 0 spiro atoms. The maximum absolute atomic E-state index is 12.0. The highest BCUT2D eigenvalue weighted by Crippen LogP contribution is 2.12. The third-order valence-electron chi connectivity index (χ3n) is 2.61. The molecule has 0 atom stereocenters. The maximum atomic E-state index is 12.0.